The van der Waals surface area contributed by atoms with Crippen LogP contribution in [0.5, 0.6) is 5.75 Å². The first kappa shape index (κ1) is 14.0. The Hall–Kier alpha value is -1.43. The Kier molecular flexibility index (Phi) is 4.52. The Morgan fingerprint density at radius 1 is 1.26 bits per heavy atom. The summed E-state index contributed by atoms with van der Waals surface area (Å²) < 4.78 is 39.8. The average Bonchev–Trinajstić information content (AvgIpc) is 2.37. The minimum atomic E-state index is -4.64. The molecular weight excluding hydrogens is 257 g/mol. The fourth-order valence-corrected chi connectivity index (χ4v) is 2.13. The highest BCUT2D eigenvalue weighted by atomic mass is 19.4. The normalized spacial score (nSPS) is 20.1. The van der Waals surface area contributed by atoms with E-state index in [0.717, 1.165) is 25.3 Å². The molecule has 1 fully saturated rings. The molecule has 1 atom stereocenters. The number of benzene rings is 1. The van der Waals surface area contributed by atoms with Gasteiger partial charge >= 0.3 is 6.36 Å². The van der Waals surface area contributed by atoms with Gasteiger partial charge in [-0.05, 0) is 56.1 Å². The SMILES string of the molecule is FC(F)(F)Oc1ccc(NCC2CCCNC2)cc1. The lowest BCUT2D eigenvalue weighted by Gasteiger charge is -2.23. The smallest absolute Gasteiger partial charge is 0.406 e. The van der Waals surface area contributed by atoms with E-state index in [4.69, 9.17) is 0 Å². The molecule has 3 nitrogen and oxygen atoms in total. The molecule has 2 N–H and O–H groups in total. The zero-order chi connectivity index (χ0) is 13.7. The van der Waals surface area contributed by atoms with Gasteiger partial charge in [0.25, 0.3) is 0 Å². The minimum Gasteiger partial charge on any atom is -0.406 e. The molecule has 1 unspecified atom stereocenters. The third kappa shape index (κ3) is 4.98. The maximum atomic E-state index is 12.0. The fraction of sp³-hybridized carbons (Fsp3) is 0.538. The molecule has 1 aromatic rings. The molecule has 2 rings (SSSR count). The zero-order valence-corrected chi connectivity index (χ0v) is 10.5. The third-order valence-electron chi connectivity index (χ3n) is 3.08. The number of ether oxygens (including phenoxy) is 1. The van der Waals surface area contributed by atoms with E-state index in [9.17, 15) is 13.2 Å². The molecule has 0 bridgehead atoms. The number of anilines is 1. The molecule has 1 aromatic carbocycles. The van der Waals surface area contributed by atoms with Gasteiger partial charge < -0.3 is 15.4 Å². The van der Waals surface area contributed by atoms with Gasteiger partial charge in [0.1, 0.15) is 5.75 Å². The van der Waals surface area contributed by atoms with Gasteiger partial charge in [0.2, 0.25) is 0 Å². The van der Waals surface area contributed by atoms with Crippen molar-refractivity contribution in [1.82, 2.24) is 5.32 Å². The van der Waals surface area contributed by atoms with Crippen molar-refractivity contribution in [2.75, 3.05) is 25.0 Å². The lowest BCUT2D eigenvalue weighted by molar-refractivity contribution is -0.274. The predicted molar refractivity (Wildman–Crippen MR) is 67.2 cm³/mol. The quantitative estimate of drug-likeness (QED) is 0.885. The molecule has 0 radical (unpaired) electrons. The Labute approximate surface area is 110 Å². The monoisotopic (exact) mass is 274 g/mol. The maximum Gasteiger partial charge on any atom is 0.573 e. The second kappa shape index (κ2) is 6.14. The van der Waals surface area contributed by atoms with Gasteiger partial charge in [0.15, 0.2) is 0 Å². The first-order chi connectivity index (χ1) is 9.03. The highest BCUT2D eigenvalue weighted by Crippen LogP contribution is 2.24. The Bertz CT molecular complexity index is 386. The van der Waals surface area contributed by atoms with Crippen molar-refractivity contribution >= 4 is 5.69 Å². The van der Waals surface area contributed by atoms with Crippen LogP contribution in [0.15, 0.2) is 24.3 Å². The highest BCUT2D eigenvalue weighted by Gasteiger charge is 2.30. The van der Waals surface area contributed by atoms with Crippen molar-refractivity contribution < 1.29 is 17.9 Å². The van der Waals surface area contributed by atoms with Crippen molar-refractivity contribution in [3.05, 3.63) is 24.3 Å². The molecule has 106 valence electrons. The molecule has 1 aliphatic rings. The van der Waals surface area contributed by atoms with Crippen LogP contribution < -0.4 is 15.4 Å². The minimum absolute atomic E-state index is 0.197. The summed E-state index contributed by atoms with van der Waals surface area (Å²) in [5, 5.41) is 6.55. The highest BCUT2D eigenvalue weighted by molar-refractivity contribution is 5.46. The molecule has 0 amide bonds. The molecule has 1 aliphatic heterocycles. The summed E-state index contributed by atoms with van der Waals surface area (Å²) in [7, 11) is 0. The summed E-state index contributed by atoms with van der Waals surface area (Å²) in [5.74, 6) is 0.372. The van der Waals surface area contributed by atoms with E-state index in [2.05, 4.69) is 15.4 Å². The molecule has 0 spiro atoms. The van der Waals surface area contributed by atoms with Gasteiger partial charge in [-0.1, -0.05) is 0 Å². The number of alkyl halides is 3. The van der Waals surface area contributed by atoms with Crippen molar-refractivity contribution in [2.45, 2.75) is 19.2 Å². The number of halogens is 3. The second-order valence-corrected chi connectivity index (χ2v) is 4.67. The lowest BCUT2D eigenvalue weighted by Crippen LogP contribution is -2.33. The van der Waals surface area contributed by atoms with Gasteiger partial charge in [0.05, 0.1) is 0 Å². The summed E-state index contributed by atoms with van der Waals surface area (Å²) >= 11 is 0. The van der Waals surface area contributed by atoms with E-state index in [0.29, 0.717) is 5.92 Å². The summed E-state index contributed by atoms with van der Waals surface area (Å²) in [5.41, 5.74) is 0.806. The topological polar surface area (TPSA) is 33.3 Å². The third-order valence-corrected chi connectivity index (χ3v) is 3.08. The molecule has 0 aliphatic carbocycles. The van der Waals surface area contributed by atoms with E-state index >= 15 is 0 Å². The van der Waals surface area contributed by atoms with Crippen LogP contribution in [0.25, 0.3) is 0 Å². The molecule has 1 heterocycles. The molecule has 0 aromatic heterocycles. The lowest BCUT2D eigenvalue weighted by atomic mass is 10.00. The van der Waals surface area contributed by atoms with Crippen molar-refractivity contribution in [3.63, 3.8) is 0 Å². The Morgan fingerprint density at radius 2 is 2.00 bits per heavy atom. The molecule has 1 saturated heterocycles. The number of piperidine rings is 1. The summed E-state index contributed by atoms with van der Waals surface area (Å²) in [6.45, 7) is 2.88. The van der Waals surface area contributed by atoms with Gasteiger partial charge in [-0.25, -0.2) is 0 Å². The largest absolute Gasteiger partial charge is 0.573 e. The number of nitrogens with one attached hydrogen (secondary N) is 2. The molecule has 0 saturated carbocycles. The van der Waals surface area contributed by atoms with Crippen LogP contribution in [0.2, 0.25) is 0 Å². The average molecular weight is 274 g/mol. The van der Waals surface area contributed by atoms with Crippen LogP contribution in [0.3, 0.4) is 0 Å². The van der Waals surface area contributed by atoms with Gasteiger partial charge in [0, 0.05) is 12.2 Å². The van der Waals surface area contributed by atoms with Gasteiger partial charge in [-0.3, -0.25) is 0 Å². The maximum absolute atomic E-state index is 12.0. The van der Waals surface area contributed by atoms with Crippen LogP contribution in [-0.2, 0) is 0 Å². The Morgan fingerprint density at radius 3 is 2.58 bits per heavy atom. The molecule has 19 heavy (non-hydrogen) atoms. The van der Waals surface area contributed by atoms with Crippen LogP contribution in [0.1, 0.15) is 12.8 Å². The molecule has 6 heteroatoms. The van der Waals surface area contributed by atoms with Gasteiger partial charge in [-0.2, -0.15) is 0 Å². The summed E-state index contributed by atoms with van der Waals surface area (Å²) in [6, 6.07) is 5.82. The van der Waals surface area contributed by atoms with Crippen molar-refractivity contribution in [1.29, 1.82) is 0 Å². The van der Waals surface area contributed by atoms with E-state index in [1.165, 1.54) is 25.0 Å². The number of rotatable bonds is 4. The van der Waals surface area contributed by atoms with E-state index < -0.39 is 6.36 Å². The number of hydrogen-bond acceptors (Lipinski definition) is 3. The van der Waals surface area contributed by atoms with E-state index in [-0.39, 0.29) is 5.75 Å². The van der Waals surface area contributed by atoms with E-state index in [1.54, 1.807) is 12.1 Å². The van der Waals surface area contributed by atoms with Crippen molar-refractivity contribution in [2.24, 2.45) is 5.92 Å². The van der Waals surface area contributed by atoms with Crippen molar-refractivity contribution in [3.8, 4) is 5.75 Å². The zero-order valence-electron chi connectivity index (χ0n) is 10.5. The predicted octanol–water partition coefficient (Wildman–Crippen LogP) is 3.00. The van der Waals surface area contributed by atoms with Crippen LogP contribution in [0, 0.1) is 5.92 Å². The number of hydrogen-bond donors (Lipinski definition) is 2. The second-order valence-electron chi connectivity index (χ2n) is 4.67. The van der Waals surface area contributed by atoms with Gasteiger partial charge in [-0.15, -0.1) is 13.2 Å². The van der Waals surface area contributed by atoms with Crippen LogP contribution >= 0.6 is 0 Å². The summed E-state index contributed by atoms with van der Waals surface area (Å²) in [6.07, 6.45) is -2.29. The standard InChI is InChI=1S/C13H17F3N2O/c14-13(15,16)19-12-5-3-11(4-6-12)18-9-10-2-1-7-17-8-10/h3-6,10,17-18H,1-2,7-9H2. The van der Waals surface area contributed by atoms with Crippen LogP contribution in [0.4, 0.5) is 18.9 Å². The molecular formula is C13H17F3N2O. The first-order valence-electron chi connectivity index (χ1n) is 6.33. The Balaban J connectivity index is 1.81. The van der Waals surface area contributed by atoms with Crippen LogP contribution in [-0.4, -0.2) is 26.0 Å². The fourth-order valence-electron chi connectivity index (χ4n) is 2.13. The first-order valence-corrected chi connectivity index (χ1v) is 6.33. The summed E-state index contributed by atoms with van der Waals surface area (Å²) in [4.78, 5) is 0. The van der Waals surface area contributed by atoms with E-state index in [1.807, 2.05) is 0 Å².